The molecule has 0 unspecified atom stereocenters. The monoisotopic (exact) mass is 259 g/mol. The summed E-state index contributed by atoms with van der Waals surface area (Å²) in [5.74, 6) is 1.79. The van der Waals surface area contributed by atoms with Gasteiger partial charge in [-0.15, -0.1) is 0 Å². The second-order valence-electron chi connectivity index (χ2n) is 5.38. The van der Waals surface area contributed by atoms with Gasteiger partial charge in [-0.3, -0.25) is 0 Å². The van der Waals surface area contributed by atoms with Gasteiger partial charge in [-0.2, -0.15) is 0 Å². The number of allylic oxidation sites excluding steroid dienone is 1. The number of hydrogen-bond donors (Lipinski definition) is 1. The van der Waals surface area contributed by atoms with E-state index in [-0.39, 0.29) is 0 Å². The van der Waals surface area contributed by atoms with E-state index in [1.165, 1.54) is 50.0 Å². The predicted molar refractivity (Wildman–Crippen MR) is 81.8 cm³/mol. The van der Waals surface area contributed by atoms with Gasteiger partial charge in [0, 0.05) is 30.6 Å². The number of unbranched alkanes of at least 4 members (excludes halogenated alkanes) is 1. The number of nitrogens with zero attached hydrogens (tertiary/aromatic N) is 2. The van der Waals surface area contributed by atoms with Gasteiger partial charge in [-0.05, 0) is 38.0 Å². The average Bonchev–Trinajstić information content (AvgIpc) is 3.05. The van der Waals surface area contributed by atoms with Gasteiger partial charge in [0.1, 0.15) is 5.84 Å². The molecule has 0 aliphatic carbocycles. The Morgan fingerprint density at radius 2 is 2.47 bits per heavy atom. The summed E-state index contributed by atoms with van der Waals surface area (Å²) in [5, 5.41) is 3.11. The van der Waals surface area contributed by atoms with Gasteiger partial charge in [0.25, 0.3) is 0 Å². The molecule has 1 N–H and O–H groups in total. The molecule has 104 valence electrons. The Morgan fingerprint density at radius 3 is 3.21 bits per heavy atom. The van der Waals surface area contributed by atoms with E-state index in [1.807, 2.05) is 6.20 Å². The average molecular weight is 259 g/mol. The number of rotatable bonds is 5. The van der Waals surface area contributed by atoms with Crippen molar-refractivity contribution in [2.45, 2.75) is 39.5 Å². The van der Waals surface area contributed by atoms with Crippen LogP contribution in [0.4, 0.5) is 0 Å². The van der Waals surface area contributed by atoms with Crippen LogP contribution in [0.1, 0.15) is 39.5 Å². The van der Waals surface area contributed by atoms with Crippen LogP contribution < -0.4 is 5.32 Å². The molecule has 0 spiro atoms. The minimum Gasteiger partial charge on any atom is -0.374 e. The summed E-state index contributed by atoms with van der Waals surface area (Å²) in [5.41, 5.74) is 2.54. The molecule has 2 rings (SSSR count). The molecule has 19 heavy (non-hydrogen) atoms. The van der Waals surface area contributed by atoms with Crippen LogP contribution in [0.25, 0.3) is 0 Å². The summed E-state index contributed by atoms with van der Waals surface area (Å²) in [6.45, 7) is 10.6. The highest BCUT2D eigenvalue weighted by molar-refractivity contribution is 6.04. The summed E-state index contributed by atoms with van der Waals surface area (Å²) >= 11 is 0. The minimum absolute atomic E-state index is 0.869. The largest absolute Gasteiger partial charge is 0.374 e. The van der Waals surface area contributed by atoms with Crippen molar-refractivity contribution >= 4 is 5.84 Å². The van der Waals surface area contributed by atoms with Crippen LogP contribution >= 0.6 is 0 Å². The highest BCUT2D eigenvalue weighted by Crippen LogP contribution is 2.27. The van der Waals surface area contributed by atoms with Gasteiger partial charge in [0.05, 0.1) is 0 Å². The number of amidine groups is 1. The molecular weight excluding hydrogens is 234 g/mol. The lowest BCUT2D eigenvalue weighted by molar-refractivity contribution is 0.391. The lowest BCUT2D eigenvalue weighted by Gasteiger charge is -2.22. The highest BCUT2D eigenvalue weighted by atomic mass is 15.2. The molecule has 2 heterocycles. The molecule has 2 aliphatic rings. The van der Waals surface area contributed by atoms with Crippen molar-refractivity contribution in [3.8, 4) is 0 Å². The lowest BCUT2D eigenvalue weighted by Crippen LogP contribution is -2.24. The molecule has 0 bridgehead atoms. The molecule has 0 radical (unpaired) electrons. The van der Waals surface area contributed by atoms with E-state index < -0.39 is 0 Å². The zero-order chi connectivity index (χ0) is 13.7. The molecule has 0 aromatic rings. The Morgan fingerprint density at radius 1 is 1.63 bits per heavy atom. The fourth-order valence-corrected chi connectivity index (χ4v) is 2.87. The van der Waals surface area contributed by atoms with Gasteiger partial charge in [0.15, 0.2) is 0 Å². The predicted octanol–water partition coefficient (Wildman–Crippen LogP) is 3.43. The first-order valence-corrected chi connectivity index (χ1v) is 7.34. The van der Waals surface area contributed by atoms with Crippen LogP contribution in [0.5, 0.6) is 0 Å². The molecule has 2 aliphatic heterocycles. The Labute approximate surface area is 116 Å². The van der Waals surface area contributed by atoms with Crippen LogP contribution in [0, 0.1) is 5.92 Å². The number of nitrogens with one attached hydrogen (secondary N) is 1. The Bertz CT molecular complexity index is 418. The van der Waals surface area contributed by atoms with E-state index in [0.29, 0.717) is 0 Å². The third-order valence-electron chi connectivity index (χ3n) is 4.05. The molecule has 0 aromatic heterocycles. The van der Waals surface area contributed by atoms with Crippen molar-refractivity contribution in [2.24, 2.45) is 10.9 Å². The summed E-state index contributed by atoms with van der Waals surface area (Å²) in [6.07, 6.45) is 11.0. The maximum absolute atomic E-state index is 4.34. The Kier molecular flexibility index (Phi) is 4.83. The summed E-state index contributed by atoms with van der Waals surface area (Å²) < 4.78 is 0. The van der Waals surface area contributed by atoms with Crippen molar-refractivity contribution in [1.29, 1.82) is 0 Å². The van der Waals surface area contributed by atoms with Crippen molar-refractivity contribution in [2.75, 3.05) is 13.1 Å². The van der Waals surface area contributed by atoms with Gasteiger partial charge in [0.2, 0.25) is 0 Å². The second kappa shape index (κ2) is 6.60. The van der Waals surface area contributed by atoms with E-state index in [1.54, 1.807) is 6.20 Å². The van der Waals surface area contributed by atoms with E-state index in [4.69, 9.17) is 0 Å². The molecule has 1 fully saturated rings. The third kappa shape index (κ3) is 3.28. The van der Waals surface area contributed by atoms with Gasteiger partial charge >= 0.3 is 0 Å². The van der Waals surface area contributed by atoms with Crippen molar-refractivity contribution in [3.63, 3.8) is 0 Å². The van der Waals surface area contributed by atoms with E-state index >= 15 is 0 Å². The first-order valence-electron chi connectivity index (χ1n) is 7.34. The van der Waals surface area contributed by atoms with Crippen LogP contribution in [-0.4, -0.2) is 23.8 Å². The van der Waals surface area contributed by atoms with E-state index in [0.717, 1.165) is 11.8 Å². The zero-order valence-electron chi connectivity index (χ0n) is 12.2. The number of aliphatic imine (C=N–C) groups is 1. The normalized spacial score (nSPS) is 24.6. The first-order chi connectivity index (χ1) is 9.26. The highest BCUT2D eigenvalue weighted by Gasteiger charge is 2.24. The Hall–Kier alpha value is -1.51. The second-order valence-corrected chi connectivity index (χ2v) is 5.38. The van der Waals surface area contributed by atoms with Gasteiger partial charge in [-0.1, -0.05) is 26.3 Å². The molecule has 1 atom stereocenters. The molecule has 0 amide bonds. The van der Waals surface area contributed by atoms with E-state index in [2.05, 4.69) is 41.7 Å². The zero-order valence-corrected chi connectivity index (χ0v) is 12.2. The molecule has 0 saturated carbocycles. The van der Waals surface area contributed by atoms with Gasteiger partial charge in [-0.25, -0.2) is 4.99 Å². The van der Waals surface area contributed by atoms with Crippen LogP contribution in [0.15, 0.2) is 41.3 Å². The quantitative estimate of drug-likeness (QED) is 0.819. The third-order valence-corrected chi connectivity index (χ3v) is 4.05. The molecular formula is C16H25N3. The summed E-state index contributed by atoms with van der Waals surface area (Å²) in [4.78, 5) is 6.84. The lowest BCUT2D eigenvalue weighted by atomic mass is 10.0. The minimum atomic E-state index is 0.869. The van der Waals surface area contributed by atoms with Crippen LogP contribution in [0.2, 0.25) is 0 Å². The van der Waals surface area contributed by atoms with Crippen LogP contribution in [0.3, 0.4) is 0 Å². The fraction of sp³-hybridized carbons (Fsp3) is 0.562. The smallest absolute Gasteiger partial charge is 0.138 e. The van der Waals surface area contributed by atoms with Crippen molar-refractivity contribution in [3.05, 3.63) is 36.3 Å². The summed E-state index contributed by atoms with van der Waals surface area (Å²) in [6, 6.07) is 0. The summed E-state index contributed by atoms with van der Waals surface area (Å²) in [7, 11) is 0. The molecule has 3 heteroatoms. The number of likely N-dealkylation sites (tertiary alicyclic amines) is 1. The van der Waals surface area contributed by atoms with Crippen molar-refractivity contribution < 1.29 is 0 Å². The van der Waals surface area contributed by atoms with Gasteiger partial charge < -0.3 is 10.2 Å². The maximum atomic E-state index is 4.34. The molecule has 3 nitrogen and oxygen atoms in total. The fourth-order valence-electron chi connectivity index (χ4n) is 2.87. The topological polar surface area (TPSA) is 27.6 Å². The SMILES string of the molecule is C=CNC1=NC=C/C1=C(/C)N1CC[C@@H](CCCC)C1. The van der Waals surface area contributed by atoms with E-state index in [9.17, 15) is 0 Å². The molecule has 1 saturated heterocycles. The van der Waals surface area contributed by atoms with Crippen LogP contribution in [-0.2, 0) is 0 Å². The molecule has 0 aromatic carbocycles. The van der Waals surface area contributed by atoms with Crippen molar-refractivity contribution in [1.82, 2.24) is 10.2 Å². The Balaban J connectivity index is 2.00. The standard InChI is InChI=1S/C16H25N3/c1-4-6-7-14-9-11-19(12-14)13(3)15-8-10-18-16(15)17-5-2/h5,8,10,14H,2,4,6-7,9,11-12H2,1,3H3,(H,17,18)/b15-13+/t14-/m1/s1. The maximum Gasteiger partial charge on any atom is 0.138 e. The number of hydrogen-bond acceptors (Lipinski definition) is 3. The first kappa shape index (κ1) is 13.9.